The molecule has 0 N–H and O–H groups in total. The monoisotopic (exact) mass is 458 g/mol. The van der Waals surface area contributed by atoms with E-state index >= 15 is 0 Å². The van der Waals surface area contributed by atoms with E-state index in [1.165, 1.54) is 23.9 Å². The number of rotatable bonds is 7. The maximum atomic E-state index is 13.5. The van der Waals surface area contributed by atoms with E-state index in [4.69, 9.17) is 4.98 Å². The Hall–Kier alpha value is -3.58. The molecule has 0 saturated heterocycles. The van der Waals surface area contributed by atoms with E-state index in [0.29, 0.717) is 23.1 Å². The summed E-state index contributed by atoms with van der Waals surface area (Å²) in [6, 6.07) is 25.9. The molecule has 1 unspecified atom stereocenters. The summed E-state index contributed by atoms with van der Waals surface area (Å²) in [5, 5.41) is 8.75. The standard InChI is InChI=1S/C26H23FN4OS/c1-18(25(32)31(2)17-19-10-9-15-22(27)16-19)33-26-28-23(20-11-5-3-6-12-20)24(29-30-26)21-13-7-4-8-14-21/h3-16,18H,17H2,1-2H3. The molecular formula is C26H23FN4OS. The summed E-state index contributed by atoms with van der Waals surface area (Å²) < 4.78 is 13.5. The zero-order valence-corrected chi connectivity index (χ0v) is 19.2. The Bertz CT molecular complexity index is 1240. The number of carbonyl (C=O) groups excluding carboxylic acids is 1. The zero-order chi connectivity index (χ0) is 23.2. The Kier molecular flexibility index (Phi) is 7.10. The van der Waals surface area contributed by atoms with Crippen LogP contribution in [0.15, 0.2) is 90.1 Å². The van der Waals surface area contributed by atoms with Crippen molar-refractivity contribution in [2.45, 2.75) is 23.9 Å². The fourth-order valence-corrected chi connectivity index (χ4v) is 4.28. The van der Waals surface area contributed by atoms with Gasteiger partial charge in [0.05, 0.1) is 5.25 Å². The van der Waals surface area contributed by atoms with Gasteiger partial charge in [0.2, 0.25) is 11.1 Å². The van der Waals surface area contributed by atoms with Gasteiger partial charge >= 0.3 is 0 Å². The summed E-state index contributed by atoms with van der Waals surface area (Å²) >= 11 is 1.26. The van der Waals surface area contributed by atoms with Crippen molar-refractivity contribution >= 4 is 17.7 Å². The van der Waals surface area contributed by atoms with Crippen molar-refractivity contribution < 1.29 is 9.18 Å². The average Bonchev–Trinajstić information content (AvgIpc) is 2.84. The van der Waals surface area contributed by atoms with Gasteiger partial charge in [-0.05, 0) is 24.6 Å². The predicted molar refractivity (Wildman–Crippen MR) is 129 cm³/mol. The van der Waals surface area contributed by atoms with Crippen LogP contribution in [0.3, 0.4) is 0 Å². The third-order valence-corrected chi connectivity index (χ3v) is 6.02. The van der Waals surface area contributed by atoms with Gasteiger partial charge in [-0.15, -0.1) is 10.2 Å². The molecule has 0 aliphatic rings. The second kappa shape index (κ2) is 10.4. The number of amides is 1. The van der Waals surface area contributed by atoms with Crippen LogP contribution in [0.25, 0.3) is 22.5 Å². The summed E-state index contributed by atoms with van der Waals surface area (Å²) in [4.78, 5) is 19.3. The lowest BCUT2D eigenvalue weighted by molar-refractivity contribution is -0.129. The predicted octanol–water partition coefficient (Wildman–Crippen LogP) is 5.48. The largest absolute Gasteiger partial charge is 0.340 e. The van der Waals surface area contributed by atoms with Gasteiger partial charge in [0.15, 0.2) is 0 Å². The normalized spacial score (nSPS) is 11.7. The maximum absolute atomic E-state index is 13.5. The summed E-state index contributed by atoms with van der Waals surface area (Å²) in [5.74, 6) is -0.413. The summed E-state index contributed by atoms with van der Waals surface area (Å²) in [7, 11) is 1.71. The minimum atomic E-state index is -0.434. The first-order chi connectivity index (χ1) is 16.0. The zero-order valence-electron chi connectivity index (χ0n) is 18.4. The lowest BCUT2D eigenvalue weighted by Gasteiger charge is -2.21. The molecule has 1 aromatic heterocycles. The highest BCUT2D eigenvalue weighted by Gasteiger charge is 2.22. The molecule has 4 aromatic rings. The van der Waals surface area contributed by atoms with Gasteiger partial charge in [0.1, 0.15) is 17.2 Å². The molecule has 0 radical (unpaired) electrons. The molecule has 0 fully saturated rings. The molecule has 4 rings (SSSR count). The Morgan fingerprint density at radius 2 is 1.55 bits per heavy atom. The molecule has 33 heavy (non-hydrogen) atoms. The molecule has 1 heterocycles. The first-order valence-electron chi connectivity index (χ1n) is 10.5. The number of halogens is 1. The van der Waals surface area contributed by atoms with Crippen LogP contribution in [0.5, 0.6) is 0 Å². The van der Waals surface area contributed by atoms with Gasteiger partial charge < -0.3 is 4.90 Å². The van der Waals surface area contributed by atoms with Crippen molar-refractivity contribution in [1.29, 1.82) is 0 Å². The first-order valence-corrected chi connectivity index (χ1v) is 11.4. The number of carbonyl (C=O) groups is 1. The fourth-order valence-electron chi connectivity index (χ4n) is 3.45. The molecule has 0 aliphatic heterocycles. The van der Waals surface area contributed by atoms with Crippen molar-refractivity contribution in [2.24, 2.45) is 0 Å². The fraction of sp³-hybridized carbons (Fsp3) is 0.154. The number of hydrogen-bond acceptors (Lipinski definition) is 5. The van der Waals surface area contributed by atoms with Crippen LogP contribution >= 0.6 is 11.8 Å². The Morgan fingerprint density at radius 3 is 2.18 bits per heavy atom. The molecule has 5 nitrogen and oxygen atoms in total. The molecule has 7 heteroatoms. The molecular weight excluding hydrogens is 435 g/mol. The Balaban J connectivity index is 1.56. The van der Waals surface area contributed by atoms with Gasteiger partial charge in [-0.25, -0.2) is 9.37 Å². The number of thioether (sulfide) groups is 1. The molecule has 0 spiro atoms. The molecule has 3 aromatic carbocycles. The van der Waals surface area contributed by atoms with Crippen LogP contribution in [0.1, 0.15) is 12.5 Å². The van der Waals surface area contributed by atoms with Gasteiger partial charge in [0, 0.05) is 24.7 Å². The lowest BCUT2D eigenvalue weighted by atomic mass is 10.0. The van der Waals surface area contributed by atoms with Crippen LogP contribution in [0.2, 0.25) is 0 Å². The number of hydrogen-bond donors (Lipinski definition) is 0. The molecule has 0 aliphatic carbocycles. The minimum Gasteiger partial charge on any atom is -0.340 e. The first kappa shape index (κ1) is 22.6. The molecule has 166 valence electrons. The Morgan fingerprint density at radius 1 is 0.909 bits per heavy atom. The SMILES string of the molecule is CC(Sc1nnc(-c2ccccc2)c(-c2ccccc2)n1)C(=O)N(C)Cc1cccc(F)c1. The van der Waals surface area contributed by atoms with E-state index in [-0.39, 0.29) is 11.7 Å². The van der Waals surface area contributed by atoms with Crippen LogP contribution < -0.4 is 0 Å². The van der Waals surface area contributed by atoms with Gasteiger partial charge in [-0.2, -0.15) is 0 Å². The maximum Gasteiger partial charge on any atom is 0.235 e. The summed E-state index contributed by atoms with van der Waals surface area (Å²) in [6.07, 6.45) is 0. The van der Waals surface area contributed by atoms with Crippen molar-refractivity contribution in [1.82, 2.24) is 20.1 Å². The Labute approximate surface area is 196 Å². The van der Waals surface area contributed by atoms with Crippen LogP contribution in [0, 0.1) is 5.82 Å². The lowest BCUT2D eigenvalue weighted by Crippen LogP contribution is -2.33. The third kappa shape index (κ3) is 5.62. The highest BCUT2D eigenvalue weighted by Crippen LogP contribution is 2.30. The van der Waals surface area contributed by atoms with E-state index in [9.17, 15) is 9.18 Å². The summed E-state index contributed by atoms with van der Waals surface area (Å²) in [6.45, 7) is 2.13. The minimum absolute atomic E-state index is 0.0961. The second-order valence-corrected chi connectivity index (χ2v) is 8.92. The van der Waals surface area contributed by atoms with Gasteiger partial charge in [0.25, 0.3) is 0 Å². The number of aromatic nitrogens is 3. The van der Waals surface area contributed by atoms with Gasteiger partial charge in [-0.3, -0.25) is 4.79 Å². The molecule has 0 saturated carbocycles. The number of nitrogens with zero attached hydrogens (tertiary/aromatic N) is 4. The van der Waals surface area contributed by atoms with E-state index in [1.54, 1.807) is 24.1 Å². The third-order valence-electron chi connectivity index (χ3n) is 5.08. The van der Waals surface area contributed by atoms with Crippen molar-refractivity contribution in [3.05, 3.63) is 96.3 Å². The molecule has 1 amide bonds. The topological polar surface area (TPSA) is 59.0 Å². The smallest absolute Gasteiger partial charge is 0.235 e. The average molecular weight is 459 g/mol. The van der Waals surface area contributed by atoms with Crippen molar-refractivity contribution in [3.63, 3.8) is 0 Å². The van der Waals surface area contributed by atoms with Crippen LogP contribution in [-0.4, -0.2) is 38.3 Å². The quantitative estimate of drug-likeness (QED) is 0.343. The molecule has 0 bridgehead atoms. The van der Waals surface area contributed by atoms with E-state index in [0.717, 1.165) is 16.7 Å². The van der Waals surface area contributed by atoms with E-state index in [1.807, 2.05) is 67.6 Å². The van der Waals surface area contributed by atoms with Gasteiger partial charge in [-0.1, -0.05) is 84.6 Å². The second-order valence-electron chi connectivity index (χ2n) is 7.61. The van der Waals surface area contributed by atoms with Crippen LogP contribution in [-0.2, 0) is 11.3 Å². The highest BCUT2D eigenvalue weighted by molar-refractivity contribution is 8.00. The number of benzene rings is 3. The van der Waals surface area contributed by atoms with E-state index < -0.39 is 5.25 Å². The van der Waals surface area contributed by atoms with E-state index in [2.05, 4.69) is 10.2 Å². The van der Waals surface area contributed by atoms with Crippen molar-refractivity contribution in [3.8, 4) is 22.5 Å². The molecule has 1 atom stereocenters. The summed E-state index contributed by atoms with van der Waals surface area (Å²) in [5.41, 5.74) is 3.99. The highest BCUT2D eigenvalue weighted by atomic mass is 32.2. The van der Waals surface area contributed by atoms with Crippen LogP contribution in [0.4, 0.5) is 4.39 Å². The van der Waals surface area contributed by atoms with Crippen molar-refractivity contribution in [2.75, 3.05) is 7.05 Å².